The maximum atomic E-state index is 13.2. The summed E-state index contributed by atoms with van der Waals surface area (Å²) in [6, 6.07) is 13.4. The van der Waals surface area contributed by atoms with Gasteiger partial charge in [0, 0.05) is 38.4 Å². The van der Waals surface area contributed by atoms with Gasteiger partial charge < -0.3 is 14.4 Å². The Bertz CT molecular complexity index is 838. The topological polar surface area (TPSA) is 42.0 Å². The monoisotopic (exact) mass is 418 g/mol. The van der Waals surface area contributed by atoms with E-state index in [0.29, 0.717) is 42.6 Å². The molecular weight excluding hydrogens is 395 g/mol. The van der Waals surface area contributed by atoms with E-state index >= 15 is 0 Å². The minimum absolute atomic E-state index is 0.153. The molecule has 7 heteroatoms. The van der Waals surface area contributed by atoms with Gasteiger partial charge in [0.15, 0.2) is 6.73 Å². The third kappa shape index (κ3) is 5.81. The summed E-state index contributed by atoms with van der Waals surface area (Å²) < 4.78 is 24.3. The summed E-state index contributed by atoms with van der Waals surface area (Å²) in [5.74, 6) is 2.54. The Morgan fingerprint density at radius 3 is 2.52 bits per heavy atom. The van der Waals surface area contributed by atoms with Crippen LogP contribution in [0.5, 0.6) is 5.75 Å². The average Bonchev–Trinajstić information content (AvgIpc) is 2.74. The first-order valence-electron chi connectivity index (χ1n) is 9.46. The van der Waals surface area contributed by atoms with Crippen LogP contribution in [-0.2, 0) is 16.1 Å². The third-order valence-electron chi connectivity index (χ3n) is 4.95. The van der Waals surface area contributed by atoms with Gasteiger partial charge in [-0.2, -0.15) is 0 Å². The molecule has 3 rings (SSSR count). The molecule has 2 aromatic rings. The quantitative estimate of drug-likeness (QED) is 0.611. The largest absolute Gasteiger partial charge is 0.473 e. The molecule has 1 saturated heterocycles. The van der Waals surface area contributed by atoms with Crippen molar-refractivity contribution in [1.29, 1.82) is 0 Å². The lowest BCUT2D eigenvalue weighted by molar-refractivity contribution is 0.0527. The molecule has 1 heterocycles. The van der Waals surface area contributed by atoms with E-state index in [1.807, 2.05) is 4.90 Å². The maximum Gasteiger partial charge on any atom is 0.161 e. The summed E-state index contributed by atoms with van der Waals surface area (Å²) in [4.78, 5) is 16.0. The van der Waals surface area contributed by atoms with E-state index in [2.05, 4.69) is 10.8 Å². The number of benzene rings is 2. The molecule has 1 fully saturated rings. The van der Waals surface area contributed by atoms with E-state index in [0.717, 1.165) is 12.1 Å². The van der Waals surface area contributed by atoms with Crippen molar-refractivity contribution in [3.8, 4) is 5.75 Å². The number of nitrogens with zero attached hydrogens (tertiary/aromatic N) is 2. The standard InChI is InChI=1S/C22H24ClFN2O3/c1-28-13-10-21-22(15-27)26(16-29-20-8-4-18(23)5-9-20)12-11-25(21)14-17-2-6-19(24)7-3-17/h2-9,21H,10-14,16H2,1H3. The Morgan fingerprint density at radius 2 is 1.86 bits per heavy atom. The van der Waals surface area contributed by atoms with Crippen LogP contribution in [0.4, 0.5) is 4.39 Å². The first-order valence-corrected chi connectivity index (χ1v) is 9.84. The SMILES string of the molecule is COCCC1C(=C=O)N(COc2ccc(Cl)cc2)CCN1Cc1ccc(F)cc1. The van der Waals surface area contributed by atoms with Crippen molar-refractivity contribution < 1.29 is 18.7 Å². The van der Waals surface area contributed by atoms with E-state index in [1.165, 1.54) is 12.1 Å². The molecule has 1 aliphatic rings. The molecule has 0 radical (unpaired) electrons. The lowest BCUT2D eigenvalue weighted by atomic mass is 10.0. The third-order valence-corrected chi connectivity index (χ3v) is 5.21. The number of methoxy groups -OCH3 is 1. The number of rotatable bonds is 8. The fourth-order valence-corrected chi connectivity index (χ4v) is 3.55. The van der Waals surface area contributed by atoms with Crippen LogP contribution in [0.2, 0.25) is 5.02 Å². The molecule has 0 spiro atoms. The fourth-order valence-electron chi connectivity index (χ4n) is 3.42. The van der Waals surface area contributed by atoms with Crippen LogP contribution in [0.15, 0.2) is 54.2 Å². The zero-order valence-electron chi connectivity index (χ0n) is 16.3. The number of ether oxygens (including phenoxy) is 2. The molecule has 0 aromatic heterocycles. The fraction of sp³-hybridized carbons (Fsp3) is 0.364. The van der Waals surface area contributed by atoms with Crippen LogP contribution in [-0.4, -0.2) is 55.3 Å². The first-order chi connectivity index (χ1) is 14.1. The minimum atomic E-state index is -0.262. The molecule has 0 saturated carbocycles. The van der Waals surface area contributed by atoms with E-state index in [4.69, 9.17) is 21.1 Å². The van der Waals surface area contributed by atoms with E-state index in [9.17, 15) is 9.18 Å². The van der Waals surface area contributed by atoms with Crippen molar-refractivity contribution in [3.63, 3.8) is 0 Å². The number of carbonyl (C=O) groups excluding carboxylic acids is 1. The van der Waals surface area contributed by atoms with Crippen molar-refractivity contribution in [3.05, 3.63) is 70.6 Å². The van der Waals surface area contributed by atoms with Crippen molar-refractivity contribution >= 4 is 17.5 Å². The van der Waals surface area contributed by atoms with Crippen LogP contribution in [0.25, 0.3) is 0 Å². The Morgan fingerprint density at radius 1 is 1.14 bits per heavy atom. The summed E-state index contributed by atoms with van der Waals surface area (Å²) in [6.07, 6.45) is 0.652. The normalized spacial score (nSPS) is 17.3. The summed E-state index contributed by atoms with van der Waals surface area (Å²) in [7, 11) is 1.64. The zero-order valence-corrected chi connectivity index (χ0v) is 17.1. The highest BCUT2D eigenvalue weighted by Crippen LogP contribution is 2.25. The molecule has 0 N–H and O–H groups in total. The smallest absolute Gasteiger partial charge is 0.161 e. The van der Waals surface area contributed by atoms with Crippen molar-refractivity contribution in [1.82, 2.24) is 9.80 Å². The number of piperazine rings is 1. The molecule has 1 atom stereocenters. The van der Waals surface area contributed by atoms with Gasteiger partial charge in [0.1, 0.15) is 23.2 Å². The van der Waals surface area contributed by atoms with Crippen LogP contribution in [0.3, 0.4) is 0 Å². The predicted octanol–water partition coefficient (Wildman–Crippen LogP) is 3.75. The summed E-state index contributed by atoms with van der Waals surface area (Å²) in [6.45, 7) is 2.75. The molecule has 1 unspecified atom stereocenters. The van der Waals surface area contributed by atoms with Crippen LogP contribution in [0, 0.1) is 5.82 Å². The highest BCUT2D eigenvalue weighted by Gasteiger charge is 2.32. The van der Waals surface area contributed by atoms with Gasteiger partial charge >= 0.3 is 0 Å². The molecular formula is C22H24ClFN2O3. The highest BCUT2D eigenvalue weighted by molar-refractivity contribution is 6.30. The molecule has 0 bridgehead atoms. The summed E-state index contributed by atoms with van der Waals surface area (Å²) in [5.41, 5.74) is 1.54. The van der Waals surface area contributed by atoms with Crippen LogP contribution >= 0.6 is 11.6 Å². The average molecular weight is 419 g/mol. The predicted molar refractivity (Wildman–Crippen MR) is 110 cm³/mol. The number of hydrogen-bond donors (Lipinski definition) is 0. The Hall–Kier alpha value is -2.37. The Balaban J connectivity index is 1.70. The van der Waals surface area contributed by atoms with Crippen molar-refractivity contribution in [2.45, 2.75) is 19.0 Å². The van der Waals surface area contributed by atoms with Gasteiger partial charge in [-0.3, -0.25) is 4.90 Å². The Labute approximate surface area is 175 Å². The molecule has 1 aliphatic heterocycles. The van der Waals surface area contributed by atoms with E-state index in [-0.39, 0.29) is 18.6 Å². The molecule has 0 aliphatic carbocycles. The summed E-state index contributed by atoms with van der Waals surface area (Å²) >= 11 is 5.91. The molecule has 5 nitrogen and oxygen atoms in total. The molecule has 0 amide bonds. The van der Waals surface area contributed by atoms with Crippen LogP contribution < -0.4 is 4.74 Å². The van der Waals surface area contributed by atoms with Gasteiger partial charge in [-0.25, -0.2) is 9.18 Å². The van der Waals surface area contributed by atoms with E-state index < -0.39 is 0 Å². The molecule has 2 aromatic carbocycles. The number of hydrogen-bond acceptors (Lipinski definition) is 5. The van der Waals surface area contributed by atoms with Gasteiger partial charge in [0.25, 0.3) is 0 Å². The lowest BCUT2D eigenvalue weighted by Gasteiger charge is -2.42. The number of halogens is 2. The Kier molecular flexibility index (Phi) is 7.67. The lowest BCUT2D eigenvalue weighted by Crippen LogP contribution is -2.52. The van der Waals surface area contributed by atoms with Crippen LogP contribution in [0.1, 0.15) is 12.0 Å². The second-order valence-corrected chi connectivity index (χ2v) is 7.31. The first kappa shape index (κ1) is 21.3. The zero-order chi connectivity index (χ0) is 20.6. The maximum absolute atomic E-state index is 13.2. The van der Waals surface area contributed by atoms with Crippen molar-refractivity contribution in [2.24, 2.45) is 0 Å². The molecule has 29 heavy (non-hydrogen) atoms. The second-order valence-electron chi connectivity index (χ2n) is 6.87. The van der Waals surface area contributed by atoms with Gasteiger partial charge in [0.05, 0.1) is 6.04 Å². The minimum Gasteiger partial charge on any atom is -0.473 e. The van der Waals surface area contributed by atoms with Gasteiger partial charge in [-0.05, 0) is 48.4 Å². The highest BCUT2D eigenvalue weighted by atomic mass is 35.5. The van der Waals surface area contributed by atoms with Gasteiger partial charge in [-0.1, -0.05) is 23.7 Å². The van der Waals surface area contributed by atoms with Gasteiger partial charge in [0.2, 0.25) is 0 Å². The summed E-state index contributed by atoms with van der Waals surface area (Å²) in [5, 5.41) is 0.639. The second kappa shape index (κ2) is 10.4. The molecule has 154 valence electrons. The van der Waals surface area contributed by atoms with E-state index in [1.54, 1.807) is 43.5 Å². The van der Waals surface area contributed by atoms with Crippen molar-refractivity contribution in [2.75, 3.05) is 33.5 Å². The van der Waals surface area contributed by atoms with Gasteiger partial charge in [-0.15, -0.1) is 0 Å².